The molecule has 1 saturated heterocycles. The van der Waals surface area contributed by atoms with Gasteiger partial charge in [-0.25, -0.2) is 0 Å². The first-order chi connectivity index (χ1) is 11.0. The fraction of sp³-hybridized carbons (Fsp3) is 0.625. The Bertz CT molecular complexity index is 552. The van der Waals surface area contributed by atoms with Crippen LogP contribution < -0.4 is 10.1 Å². The van der Waals surface area contributed by atoms with E-state index in [2.05, 4.69) is 10.1 Å². The van der Waals surface area contributed by atoms with Crippen LogP contribution in [0.15, 0.2) is 18.2 Å². The van der Waals surface area contributed by atoms with Gasteiger partial charge in [-0.05, 0) is 37.5 Å². The van der Waals surface area contributed by atoms with Crippen LogP contribution in [0.2, 0.25) is 5.02 Å². The zero-order chi connectivity index (χ0) is 16.4. The largest absolute Gasteiger partial charge is 0.434 e. The first-order valence-corrected chi connectivity index (χ1v) is 8.11. The Morgan fingerprint density at radius 2 is 2.13 bits per heavy atom. The molecule has 1 heterocycles. The van der Waals surface area contributed by atoms with E-state index in [-0.39, 0.29) is 23.3 Å². The van der Waals surface area contributed by atoms with Crippen LogP contribution in [0.4, 0.5) is 8.78 Å². The number of ether oxygens (including phenoxy) is 2. The van der Waals surface area contributed by atoms with Gasteiger partial charge in [0.05, 0.1) is 6.10 Å². The van der Waals surface area contributed by atoms with Crippen molar-refractivity contribution in [2.75, 3.05) is 13.2 Å². The lowest BCUT2D eigenvalue weighted by Crippen LogP contribution is -2.64. The summed E-state index contributed by atoms with van der Waals surface area (Å²) in [4.78, 5) is 0. The number of alkyl halides is 2. The van der Waals surface area contributed by atoms with Crippen molar-refractivity contribution < 1.29 is 23.4 Å². The van der Waals surface area contributed by atoms with Gasteiger partial charge in [0, 0.05) is 41.8 Å². The molecule has 2 aliphatic rings. The molecule has 0 bridgehead atoms. The Balaban J connectivity index is 1.67. The second-order valence-electron chi connectivity index (χ2n) is 6.16. The molecule has 23 heavy (non-hydrogen) atoms. The highest BCUT2D eigenvalue weighted by Gasteiger charge is 2.54. The third-order valence-electron chi connectivity index (χ3n) is 5.02. The fourth-order valence-corrected chi connectivity index (χ4v) is 3.81. The van der Waals surface area contributed by atoms with Crippen LogP contribution >= 0.6 is 11.6 Å². The van der Waals surface area contributed by atoms with E-state index in [1.807, 2.05) is 0 Å². The lowest BCUT2D eigenvalue weighted by atomic mass is 9.58. The third kappa shape index (κ3) is 3.45. The minimum Gasteiger partial charge on any atom is -0.434 e. The molecule has 0 amide bonds. The van der Waals surface area contributed by atoms with Crippen LogP contribution in [0, 0.1) is 5.41 Å². The minimum absolute atomic E-state index is 0.123. The summed E-state index contributed by atoms with van der Waals surface area (Å²) in [6.45, 7) is -1.22. The Labute approximate surface area is 138 Å². The van der Waals surface area contributed by atoms with Crippen LogP contribution in [-0.4, -0.2) is 37.1 Å². The SMILES string of the molecule is O[C@@H]1C[C@@H](NCc2cc(Cl)ccc2OC(F)F)C12CCOCC2. The highest BCUT2D eigenvalue weighted by atomic mass is 35.5. The van der Waals surface area contributed by atoms with E-state index in [4.69, 9.17) is 16.3 Å². The van der Waals surface area contributed by atoms with Crippen LogP contribution in [0.25, 0.3) is 0 Å². The summed E-state index contributed by atoms with van der Waals surface area (Å²) in [5.41, 5.74) is 0.419. The molecule has 128 valence electrons. The average molecular weight is 348 g/mol. The van der Waals surface area contributed by atoms with Crippen LogP contribution in [0.1, 0.15) is 24.8 Å². The Morgan fingerprint density at radius 1 is 1.39 bits per heavy atom. The maximum Gasteiger partial charge on any atom is 0.387 e. The smallest absolute Gasteiger partial charge is 0.387 e. The number of hydrogen-bond acceptors (Lipinski definition) is 4. The lowest BCUT2D eigenvalue weighted by Gasteiger charge is -2.56. The molecule has 7 heteroatoms. The monoisotopic (exact) mass is 347 g/mol. The number of benzene rings is 1. The van der Waals surface area contributed by atoms with E-state index in [9.17, 15) is 13.9 Å². The van der Waals surface area contributed by atoms with Crippen molar-refractivity contribution >= 4 is 11.6 Å². The summed E-state index contributed by atoms with van der Waals surface area (Å²) < 4.78 is 34.9. The molecule has 1 aliphatic heterocycles. The molecule has 0 unspecified atom stereocenters. The first-order valence-electron chi connectivity index (χ1n) is 7.74. The molecule has 2 N–H and O–H groups in total. The van der Waals surface area contributed by atoms with Gasteiger partial charge in [-0.15, -0.1) is 0 Å². The van der Waals surface area contributed by atoms with Gasteiger partial charge >= 0.3 is 6.61 Å². The molecule has 3 rings (SSSR count). The number of aliphatic hydroxyl groups is 1. The predicted molar refractivity (Wildman–Crippen MR) is 81.8 cm³/mol. The van der Waals surface area contributed by atoms with Gasteiger partial charge in [-0.2, -0.15) is 8.78 Å². The minimum atomic E-state index is -2.87. The van der Waals surface area contributed by atoms with Crippen molar-refractivity contribution in [3.8, 4) is 5.75 Å². The average Bonchev–Trinajstić information content (AvgIpc) is 2.54. The summed E-state index contributed by atoms with van der Waals surface area (Å²) in [6.07, 6.45) is 1.94. The normalized spacial score (nSPS) is 26.3. The van der Waals surface area contributed by atoms with E-state index in [0.717, 1.165) is 12.8 Å². The summed E-state index contributed by atoms with van der Waals surface area (Å²) in [7, 11) is 0. The molecule has 1 saturated carbocycles. The van der Waals surface area contributed by atoms with Crippen molar-refractivity contribution in [1.82, 2.24) is 5.32 Å². The van der Waals surface area contributed by atoms with Crippen molar-refractivity contribution in [1.29, 1.82) is 0 Å². The summed E-state index contributed by atoms with van der Waals surface area (Å²) in [6, 6.07) is 4.74. The first kappa shape index (κ1) is 16.9. The molecule has 1 aromatic rings. The van der Waals surface area contributed by atoms with Crippen molar-refractivity contribution in [3.05, 3.63) is 28.8 Å². The van der Waals surface area contributed by atoms with E-state index >= 15 is 0 Å². The topological polar surface area (TPSA) is 50.7 Å². The number of rotatable bonds is 5. The molecule has 4 nitrogen and oxygen atoms in total. The van der Waals surface area contributed by atoms with Gasteiger partial charge in [-0.3, -0.25) is 0 Å². The predicted octanol–water partition coefficient (Wildman–Crippen LogP) is 2.96. The molecular weight excluding hydrogens is 328 g/mol. The van der Waals surface area contributed by atoms with Crippen LogP contribution in [-0.2, 0) is 11.3 Å². The van der Waals surface area contributed by atoms with Crippen LogP contribution in [0.3, 0.4) is 0 Å². The van der Waals surface area contributed by atoms with E-state index in [1.165, 1.54) is 12.1 Å². The highest BCUT2D eigenvalue weighted by Crippen LogP contribution is 2.49. The zero-order valence-corrected chi connectivity index (χ0v) is 13.4. The van der Waals surface area contributed by atoms with Crippen LogP contribution in [0.5, 0.6) is 5.75 Å². The van der Waals surface area contributed by atoms with E-state index in [1.54, 1.807) is 6.07 Å². The molecule has 1 aromatic carbocycles. The molecule has 2 atom stereocenters. The summed E-state index contributed by atoms with van der Waals surface area (Å²) in [5, 5.41) is 14.0. The second-order valence-corrected chi connectivity index (χ2v) is 6.60. The van der Waals surface area contributed by atoms with Gasteiger partial charge < -0.3 is 19.9 Å². The molecule has 0 radical (unpaired) electrons. The zero-order valence-electron chi connectivity index (χ0n) is 12.6. The van der Waals surface area contributed by atoms with Gasteiger partial charge in [0.25, 0.3) is 0 Å². The Hall–Kier alpha value is -0.950. The van der Waals surface area contributed by atoms with Crippen molar-refractivity contribution in [2.24, 2.45) is 5.41 Å². The molecule has 1 aliphatic carbocycles. The quantitative estimate of drug-likeness (QED) is 0.860. The van der Waals surface area contributed by atoms with Gasteiger partial charge in [0.15, 0.2) is 0 Å². The lowest BCUT2D eigenvalue weighted by molar-refractivity contribution is -0.149. The Kier molecular flexibility index (Phi) is 5.06. The fourth-order valence-electron chi connectivity index (χ4n) is 3.61. The maximum atomic E-state index is 12.5. The third-order valence-corrected chi connectivity index (χ3v) is 5.25. The highest BCUT2D eigenvalue weighted by molar-refractivity contribution is 6.30. The standard InChI is InChI=1S/C16H20ClF2NO3/c17-11-1-2-12(23-15(18)19)10(7-11)9-20-13-8-14(21)16(13)3-5-22-6-4-16/h1-2,7,13-15,20-21H,3-6,8-9H2/t13-,14-/m1/s1. The van der Waals surface area contributed by atoms with E-state index in [0.29, 0.717) is 36.8 Å². The number of nitrogens with one attached hydrogen (secondary N) is 1. The molecule has 1 spiro atoms. The Morgan fingerprint density at radius 3 is 2.78 bits per heavy atom. The van der Waals surface area contributed by atoms with Gasteiger partial charge in [0.2, 0.25) is 0 Å². The van der Waals surface area contributed by atoms with Crippen molar-refractivity contribution in [3.63, 3.8) is 0 Å². The maximum absolute atomic E-state index is 12.5. The molecule has 2 fully saturated rings. The summed E-state index contributed by atoms with van der Waals surface area (Å²) in [5.74, 6) is 0.123. The van der Waals surface area contributed by atoms with Gasteiger partial charge in [0.1, 0.15) is 5.75 Å². The number of halogens is 3. The molecular formula is C16H20ClF2NO3. The summed E-state index contributed by atoms with van der Waals surface area (Å²) >= 11 is 5.95. The van der Waals surface area contributed by atoms with Crippen molar-refractivity contribution in [2.45, 2.75) is 44.6 Å². The number of hydrogen-bond donors (Lipinski definition) is 2. The van der Waals surface area contributed by atoms with E-state index < -0.39 is 6.61 Å². The second kappa shape index (κ2) is 6.89. The number of aliphatic hydroxyl groups excluding tert-OH is 1. The molecule has 0 aromatic heterocycles. The van der Waals surface area contributed by atoms with Gasteiger partial charge in [-0.1, -0.05) is 11.6 Å².